The van der Waals surface area contributed by atoms with Crippen molar-refractivity contribution in [1.82, 2.24) is 9.80 Å². The first-order valence-electron chi connectivity index (χ1n) is 5.95. The minimum absolute atomic E-state index is 0.205. The van der Waals surface area contributed by atoms with Crippen LogP contribution in [0.15, 0.2) is 0 Å². The van der Waals surface area contributed by atoms with Crippen molar-refractivity contribution < 1.29 is 14.7 Å². The Kier molecular flexibility index (Phi) is 3.31. The van der Waals surface area contributed by atoms with Crippen molar-refractivity contribution >= 4 is 12.0 Å². The van der Waals surface area contributed by atoms with E-state index in [0.717, 1.165) is 25.7 Å². The highest BCUT2D eigenvalue weighted by Gasteiger charge is 2.30. The van der Waals surface area contributed by atoms with Crippen LogP contribution in [0.5, 0.6) is 0 Å². The molecule has 5 nitrogen and oxygen atoms in total. The lowest BCUT2D eigenvalue weighted by Gasteiger charge is -2.34. The van der Waals surface area contributed by atoms with Crippen molar-refractivity contribution in [3.8, 4) is 0 Å². The second kappa shape index (κ2) is 4.72. The van der Waals surface area contributed by atoms with Crippen LogP contribution >= 0.6 is 0 Å². The minimum Gasteiger partial charge on any atom is -0.465 e. The molecular weight excluding hydrogens is 208 g/mol. The molecule has 0 radical (unpaired) electrons. The van der Waals surface area contributed by atoms with Crippen LogP contribution in [0, 0.1) is 5.92 Å². The fourth-order valence-electron chi connectivity index (χ4n) is 2.55. The molecule has 0 aromatic rings. The summed E-state index contributed by atoms with van der Waals surface area (Å²) in [5.74, 6) is 0.443. The van der Waals surface area contributed by atoms with E-state index in [4.69, 9.17) is 5.11 Å². The van der Waals surface area contributed by atoms with Gasteiger partial charge in [-0.15, -0.1) is 0 Å². The molecule has 0 unspecified atom stereocenters. The Morgan fingerprint density at radius 3 is 1.94 bits per heavy atom. The van der Waals surface area contributed by atoms with Crippen LogP contribution in [0.3, 0.4) is 0 Å². The van der Waals surface area contributed by atoms with Gasteiger partial charge in [-0.25, -0.2) is 4.79 Å². The molecule has 0 aromatic heterocycles. The zero-order valence-electron chi connectivity index (χ0n) is 9.39. The molecule has 2 aliphatic rings. The summed E-state index contributed by atoms with van der Waals surface area (Å²) in [4.78, 5) is 25.9. The van der Waals surface area contributed by atoms with Gasteiger partial charge in [0.2, 0.25) is 5.91 Å². The van der Waals surface area contributed by atoms with Crippen LogP contribution < -0.4 is 0 Å². The number of carbonyl (C=O) groups is 2. The van der Waals surface area contributed by atoms with Crippen molar-refractivity contribution in [2.75, 3.05) is 26.2 Å². The molecule has 0 bridgehead atoms. The molecule has 1 aliphatic carbocycles. The van der Waals surface area contributed by atoms with Crippen molar-refractivity contribution in [3.05, 3.63) is 0 Å². The van der Waals surface area contributed by atoms with Crippen LogP contribution in [0.4, 0.5) is 4.79 Å². The number of piperazine rings is 1. The van der Waals surface area contributed by atoms with Gasteiger partial charge in [0.15, 0.2) is 0 Å². The molecule has 16 heavy (non-hydrogen) atoms. The maximum Gasteiger partial charge on any atom is 0.407 e. The van der Waals surface area contributed by atoms with Crippen LogP contribution in [0.2, 0.25) is 0 Å². The van der Waals surface area contributed by atoms with E-state index in [0.29, 0.717) is 26.2 Å². The van der Waals surface area contributed by atoms with Gasteiger partial charge in [-0.1, -0.05) is 12.8 Å². The molecule has 1 saturated carbocycles. The number of amides is 2. The normalized spacial score (nSPS) is 22.5. The third-order valence-electron chi connectivity index (χ3n) is 3.57. The SMILES string of the molecule is O=C(O)N1CCN(C(=O)C2CCCC2)CC1. The second-order valence-corrected chi connectivity index (χ2v) is 4.58. The molecule has 2 rings (SSSR count). The lowest BCUT2D eigenvalue weighted by molar-refractivity contribution is -0.136. The van der Waals surface area contributed by atoms with E-state index in [-0.39, 0.29) is 11.8 Å². The van der Waals surface area contributed by atoms with Gasteiger partial charge in [0.05, 0.1) is 0 Å². The standard InChI is InChI=1S/C11H18N2O3/c14-10(9-3-1-2-4-9)12-5-7-13(8-6-12)11(15)16/h9H,1-8H2,(H,15,16). The van der Waals surface area contributed by atoms with Gasteiger partial charge in [-0.2, -0.15) is 0 Å². The summed E-state index contributed by atoms with van der Waals surface area (Å²) in [6, 6.07) is 0. The fourth-order valence-corrected chi connectivity index (χ4v) is 2.55. The van der Waals surface area contributed by atoms with Crippen LogP contribution in [0.25, 0.3) is 0 Å². The van der Waals surface area contributed by atoms with Crippen molar-refractivity contribution in [3.63, 3.8) is 0 Å². The fraction of sp³-hybridized carbons (Fsp3) is 0.818. The Balaban J connectivity index is 1.84. The third kappa shape index (κ3) is 2.28. The first-order valence-corrected chi connectivity index (χ1v) is 5.95. The molecule has 2 fully saturated rings. The van der Waals surface area contributed by atoms with Crippen LogP contribution in [0.1, 0.15) is 25.7 Å². The molecule has 1 saturated heterocycles. The molecule has 2 amide bonds. The van der Waals surface area contributed by atoms with Crippen LogP contribution in [-0.2, 0) is 4.79 Å². The molecule has 90 valence electrons. The predicted molar refractivity (Wildman–Crippen MR) is 58.1 cm³/mol. The van der Waals surface area contributed by atoms with Gasteiger partial charge in [0.25, 0.3) is 0 Å². The Morgan fingerprint density at radius 1 is 0.938 bits per heavy atom. The third-order valence-corrected chi connectivity index (χ3v) is 3.57. The van der Waals surface area contributed by atoms with Crippen molar-refractivity contribution in [2.24, 2.45) is 5.92 Å². The number of hydrogen-bond acceptors (Lipinski definition) is 2. The zero-order valence-corrected chi connectivity index (χ0v) is 9.39. The monoisotopic (exact) mass is 226 g/mol. The Labute approximate surface area is 95.0 Å². The largest absolute Gasteiger partial charge is 0.465 e. The van der Waals surface area contributed by atoms with Gasteiger partial charge in [-0.3, -0.25) is 4.79 Å². The highest BCUT2D eigenvalue weighted by atomic mass is 16.4. The minimum atomic E-state index is -0.882. The van der Waals surface area contributed by atoms with E-state index in [2.05, 4.69) is 0 Å². The maximum atomic E-state index is 12.0. The number of carboxylic acid groups (broad SMARTS) is 1. The second-order valence-electron chi connectivity index (χ2n) is 4.58. The quantitative estimate of drug-likeness (QED) is 0.725. The molecular formula is C11H18N2O3. The first-order chi connectivity index (χ1) is 7.68. The van der Waals surface area contributed by atoms with Gasteiger partial charge >= 0.3 is 6.09 Å². The predicted octanol–water partition coefficient (Wildman–Crippen LogP) is 0.999. The number of carbonyl (C=O) groups excluding carboxylic acids is 1. The Bertz CT molecular complexity index is 279. The number of nitrogens with zero attached hydrogens (tertiary/aromatic N) is 2. The molecule has 1 heterocycles. The molecule has 0 atom stereocenters. The van der Waals surface area contributed by atoms with E-state index >= 15 is 0 Å². The van der Waals surface area contributed by atoms with Crippen molar-refractivity contribution in [1.29, 1.82) is 0 Å². The van der Waals surface area contributed by atoms with E-state index < -0.39 is 6.09 Å². The summed E-state index contributed by atoms with van der Waals surface area (Å²) in [6.07, 6.45) is 3.46. The highest BCUT2D eigenvalue weighted by Crippen LogP contribution is 2.26. The smallest absolute Gasteiger partial charge is 0.407 e. The van der Waals surface area contributed by atoms with Crippen molar-refractivity contribution in [2.45, 2.75) is 25.7 Å². The summed E-state index contributed by atoms with van der Waals surface area (Å²) in [5.41, 5.74) is 0. The van der Waals surface area contributed by atoms with Crippen LogP contribution in [-0.4, -0.2) is 53.1 Å². The Morgan fingerprint density at radius 2 is 1.44 bits per heavy atom. The van der Waals surface area contributed by atoms with E-state index in [1.54, 1.807) is 0 Å². The summed E-state index contributed by atoms with van der Waals surface area (Å²) in [6.45, 7) is 2.02. The summed E-state index contributed by atoms with van der Waals surface area (Å²) in [7, 11) is 0. The van der Waals surface area contributed by atoms with Gasteiger partial charge < -0.3 is 14.9 Å². The lowest BCUT2D eigenvalue weighted by Crippen LogP contribution is -2.51. The highest BCUT2D eigenvalue weighted by molar-refractivity contribution is 5.79. The molecule has 1 aliphatic heterocycles. The Hall–Kier alpha value is -1.26. The first kappa shape index (κ1) is 11.2. The summed E-state index contributed by atoms with van der Waals surface area (Å²) < 4.78 is 0. The molecule has 0 spiro atoms. The average Bonchev–Trinajstić information content (AvgIpc) is 2.81. The molecule has 1 N–H and O–H groups in total. The van der Waals surface area contributed by atoms with E-state index in [1.165, 1.54) is 4.90 Å². The summed E-state index contributed by atoms with van der Waals surface area (Å²) >= 11 is 0. The van der Waals surface area contributed by atoms with Gasteiger partial charge in [0, 0.05) is 32.1 Å². The lowest BCUT2D eigenvalue weighted by atomic mass is 10.1. The average molecular weight is 226 g/mol. The molecule has 0 aromatic carbocycles. The topological polar surface area (TPSA) is 60.9 Å². The zero-order chi connectivity index (χ0) is 11.5. The maximum absolute atomic E-state index is 12.0. The molecule has 5 heteroatoms. The number of hydrogen-bond donors (Lipinski definition) is 1. The van der Waals surface area contributed by atoms with E-state index in [1.807, 2.05) is 4.90 Å². The van der Waals surface area contributed by atoms with E-state index in [9.17, 15) is 9.59 Å². The van der Waals surface area contributed by atoms with Gasteiger partial charge in [-0.05, 0) is 12.8 Å². The number of rotatable bonds is 1. The summed E-state index contributed by atoms with van der Waals surface area (Å²) in [5, 5.41) is 8.80. The van der Waals surface area contributed by atoms with Gasteiger partial charge in [0.1, 0.15) is 0 Å².